The van der Waals surface area contributed by atoms with E-state index in [9.17, 15) is 14.9 Å². The van der Waals surface area contributed by atoms with E-state index < -0.39 is 11.0 Å². The fourth-order valence-electron chi connectivity index (χ4n) is 3.02. The third-order valence-corrected chi connectivity index (χ3v) is 4.71. The number of piperazine rings is 1. The smallest absolute Gasteiger partial charge is 0.269 e. The van der Waals surface area contributed by atoms with Crippen molar-refractivity contribution in [2.24, 2.45) is 0 Å². The molecule has 1 aliphatic heterocycles. The van der Waals surface area contributed by atoms with E-state index in [1.54, 1.807) is 48.2 Å². The van der Waals surface area contributed by atoms with Crippen LogP contribution in [0, 0.1) is 10.1 Å². The van der Waals surface area contributed by atoms with Gasteiger partial charge >= 0.3 is 0 Å². The van der Waals surface area contributed by atoms with Gasteiger partial charge in [-0.3, -0.25) is 14.9 Å². The standard InChI is InChI=1S/C19H20ClN3O4/c1-14(27-18-4-2-3-15(20)13-18)19(24)22-11-9-21(10-12-22)16-5-7-17(8-6-16)23(25)26/h2-8,13-14H,9-12H2,1H3/t14-/m0/s1. The second-order valence-electron chi connectivity index (χ2n) is 6.30. The first-order valence-electron chi connectivity index (χ1n) is 8.64. The summed E-state index contributed by atoms with van der Waals surface area (Å²) in [6.07, 6.45) is -0.602. The number of halogens is 1. The van der Waals surface area contributed by atoms with E-state index in [0.29, 0.717) is 37.0 Å². The van der Waals surface area contributed by atoms with Crippen LogP contribution in [0.5, 0.6) is 5.75 Å². The highest BCUT2D eigenvalue weighted by atomic mass is 35.5. The summed E-state index contributed by atoms with van der Waals surface area (Å²) in [4.78, 5) is 26.8. The van der Waals surface area contributed by atoms with Crippen molar-refractivity contribution in [1.82, 2.24) is 4.90 Å². The molecule has 0 spiro atoms. The van der Waals surface area contributed by atoms with Crippen molar-refractivity contribution >= 4 is 28.9 Å². The van der Waals surface area contributed by atoms with Gasteiger partial charge in [0.15, 0.2) is 6.10 Å². The van der Waals surface area contributed by atoms with Gasteiger partial charge in [-0.25, -0.2) is 0 Å². The first kappa shape index (κ1) is 19.0. The highest BCUT2D eigenvalue weighted by molar-refractivity contribution is 6.30. The van der Waals surface area contributed by atoms with Crippen LogP contribution in [-0.4, -0.2) is 48.0 Å². The number of hydrogen-bond donors (Lipinski definition) is 0. The summed E-state index contributed by atoms with van der Waals surface area (Å²) in [7, 11) is 0. The summed E-state index contributed by atoms with van der Waals surface area (Å²) < 4.78 is 5.70. The van der Waals surface area contributed by atoms with Gasteiger partial charge in [0.05, 0.1) is 4.92 Å². The van der Waals surface area contributed by atoms with Crippen LogP contribution in [0.2, 0.25) is 5.02 Å². The maximum Gasteiger partial charge on any atom is 0.269 e. The number of carbonyl (C=O) groups excluding carboxylic acids is 1. The van der Waals surface area contributed by atoms with E-state index in [2.05, 4.69) is 4.90 Å². The van der Waals surface area contributed by atoms with E-state index in [1.807, 2.05) is 0 Å². The molecule has 1 amide bonds. The number of non-ortho nitro benzene ring substituents is 1. The van der Waals surface area contributed by atoms with Crippen LogP contribution < -0.4 is 9.64 Å². The van der Waals surface area contributed by atoms with Crippen LogP contribution in [0.1, 0.15) is 6.92 Å². The molecule has 7 nitrogen and oxygen atoms in total. The molecule has 0 radical (unpaired) electrons. The Labute approximate surface area is 162 Å². The van der Waals surface area contributed by atoms with Gasteiger partial charge in [0.1, 0.15) is 5.75 Å². The zero-order chi connectivity index (χ0) is 19.4. The zero-order valence-electron chi connectivity index (χ0n) is 14.9. The fraction of sp³-hybridized carbons (Fsp3) is 0.316. The molecule has 0 aliphatic carbocycles. The second kappa shape index (κ2) is 8.26. The Bertz CT molecular complexity index is 820. The molecule has 0 bridgehead atoms. The van der Waals surface area contributed by atoms with Crippen LogP contribution in [0.15, 0.2) is 48.5 Å². The molecule has 0 aromatic heterocycles. The lowest BCUT2D eigenvalue weighted by molar-refractivity contribution is -0.384. The van der Waals surface area contributed by atoms with Crippen molar-refractivity contribution in [2.75, 3.05) is 31.1 Å². The molecule has 1 atom stereocenters. The summed E-state index contributed by atoms with van der Waals surface area (Å²) in [6.45, 7) is 4.19. The van der Waals surface area contributed by atoms with Gasteiger partial charge in [0.2, 0.25) is 0 Å². The van der Waals surface area contributed by atoms with E-state index in [1.165, 1.54) is 12.1 Å². The third kappa shape index (κ3) is 4.68. The molecule has 2 aromatic carbocycles. The molecule has 2 aromatic rings. The Kier molecular flexibility index (Phi) is 5.81. The summed E-state index contributed by atoms with van der Waals surface area (Å²) >= 11 is 5.94. The number of rotatable bonds is 5. The highest BCUT2D eigenvalue weighted by Gasteiger charge is 2.26. The summed E-state index contributed by atoms with van der Waals surface area (Å²) in [6, 6.07) is 13.4. The number of amides is 1. The van der Waals surface area contributed by atoms with Crippen molar-refractivity contribution < 1.29 is 14.5 Å². The SMILES string of the molecule is C[C@H](Oc1cccc(Cl)c1)C(=O)N1CCN(c2ccc([N+](=O)[O-])cc2)CC1. The van der Waals surface area contributed by atoms with Gasteiger partial charge in [-0.05, 0) is 37.3 Å². The lowest BCUT2D eigenvalue weighted by atomic mass is 10.2. The number of nitro groups is 1. The van der Waals surface area contributed by atoms with E-state index in [0.717, 1.165) is 5.69 Å². The molecule has 1 aliphatic rings. The van der Waals surface area contributed by atoms with Gasteiger partial charge in [0.25, 0.3) is 11.6 Å². The van der Waals surface area contributed by atoms with Gasteiger partial charge < -0.3 is 14.5 Å². The Balaban J connectivity index is 1.54. The quantitative estimate of drug-likeness (QED) is 0.579. The van der Waals surface area contributed by atoms with Crippen LogP contribution in [0.3, 0.4) is 0 Å². The van der Waals surface area contributed by atoms with E-state index in [4.69, 9.17) is 16.3 Å². The summed E-state index contributed by atoms with van der Waals surface area (Å²) in [5.74, 6) is 0.492. The van der Waals surface area contributed by atoms with Crippen molar-refractivity contribution in [3.8, 4) is 5.75 Å². The molecule has 0 saturated carbocycles. The van der Waals surface area contributed by atoms with Gasteiger partial charge in [-0.15, -0.1) is 0 Å². The molecule has 1 saturated heterocycles. The topological polar surface area (TPSA) is 75.9 Å². The lowest BCUT2D eigenvalue weighted by Crippen LogP contribution is -2.52. The van der Waals surface area contributed by atoms with Crippen LogP contribution in [0.25, 0.3) is 0 Å². The second-order valence-corrected chi connectivity index (χ2v) is 6.74. The summed E-state index contributed by atoms with van der Waals surface area (Å²) in [5.41, 5.74) is 0.982. The molecule has 27 heavy (non-hydrogen) atoms. The first-order valence-corrected chi connectivity index (χ1v) is 9.02. The van der Waals surface area contributed by atoms with E-state index >= 15 is 0 Å². The minimum absolute atomic E-state index is 0.0690. The number of carbonyl (C=O) groups is 1. The predicted molar refractivity (Wildman–Crippen MR) is 103 cm³/mol. The summed E-state index contributed by atoms with van der Waals surface area (Å²) in [5, 5.41) is 11.3. The number of nitro benzene ring substituents is 1. The first-order chi connectivity index (χ1) is 12.9. The lowest BCUT2D eigenvalue weighted by Gasteiger charge is -2.37. The highest BCUT2D eigenvalue weighted by Crippen LogP contribution is 2.22. The van der Waals surface area contributed by atoms with Gasteiger partial charge in [-0.1, -0.05) is 17.7 Å². The average Bonchev–Trinajstić information content (AvgIpc) is 2.67. The molecule has 142 valence electrons. The van der Waals surface area contributed by atoms with Crippen molar-refractivity contribution in [3.05, 3.63) is 63.7 Å². The molecule has 0 N–H and O–H groups in total. The van der Waals surface area contributed by atoms with Crippen molar-refractivity contribution in [3.63, 3.8) is 0 Å². The minimum Gasteiger partial charge on any atom is -0.481 e. The molecular formula is C19H20ClN3O4. The molecule has 1 heterocycles. The maximum absolute atomic E-state index is 12.6. The fourth-order valence-corrected chi connectivity index (χ4v) is 3.20. The van der Waals surface area contributed by atoms with Crippen LogP contribution >= 0.6 is 11.6 Å². The third-order valence-electron chi connectivity index (χ3n) is 4.47. The normalized spacial score (nSPS) is 15.3. The van der Waals surface area contributed by atoms with E-state index in [-0.39, 0.29) is 11.6 Å². The maximum atomic E-state index is 12.6. The zero-order valence-corrected chi connectivity index (χ0v) is 15.6. The monoisotopic (exact) mass is 389 g/mol. The van der Waals surface area contributed by atoms with Gasteiger partial charge in [-0.2, -0.15) is 0 Å². The van der Waals surface area contributed by atoms with Crippen LogP contribution in [-0.2, 0) is 4.79 Å². The number of nitrogens with zero attached hydrogens (tertiary/aromatic N) is 3. The predicted octanol–water partition coefficient (Wildman–Crippen LogP) is 3.36. The van der Waals surface area contributed by atoms with Crippen molar-refractivity contribution in [2.45, 2.75) is 13.0 Å². The number of ether oxygens (including phenoxy) is 1. The minimum atomic E-state index is -0.602. The molecule has 0 unspecified atom stereocenters. The Morgan fingerprint density at radius 3 is 2.41 bits per heavy atom. The van der Waals surface area contributed by atoms with Gasteiger partial charge in [0, 0.05) is 49.0 Å². The largest absolute Gasteiger partial charge is 0.481 e. The molecule has 8 heteroatoms. The molecule has 1 fully saturated rings. The Hall–Kier alpha value is -2.80. The Morgan fingerprint density at radius 2 is 1.81 bits per heavy atom. The van der Waals surface area contributed by atoms with Crippen molar-refractivity contribution in [1.29, 1.82) is 0 Å². The number of anilines is 1. The van der Waals surface area contributed by atoms with Crippen LogP contribution in [0.4, 0.5) is 11.4 Å². The molecule has 3 rings (SSSR count). The Morgan fingerprint density at radius 1 is 1.15 bits per heavy atom. The average molecular weight is 390 g/mol. The molecular weight excluding hydrogens is 370 g/mol. The number of hydrogen-bond acceptors (Lipinski definition) is 5. The number of benzene rings is 2.